The lowest BCUT2D eigenvalue weighted by Gasteiger charge is -2.36. The van der Waals surface area contributed by atoms with Crippen LogP contribution in [0.1, 0.15) is 17.9 Å². The van der Waals surface area contributed by atoms with E-state index < -0.39 is 0 Å². The molecule has 2 aromatic rings. The van der Waals surface area contributed by atoms with Gasteiger partial charge in [-0.1, -0.05) is 30.3 Å². The number of methoxy groups -OCH3 is 1. The van der Waals surface area contributed by atoms with Crippen molar-refractivity contribution in [2.24, 2.45) is 5.92 Å². The molecule has 4 nitrogen and oxygen atoms in total. The fraction of sp³-hybridized carbons (Fsp3) is 0.381. The summed E-state index contributed by atoms with van der Waals surface area (Å²) in [6.45, 7) is 3.40. The smallest absolute Gasteiger partial charge is 0.226 e. The molecule has 4 heteroatoms. The molecule has 1 heterocycles. The summed E-state index contributed by atoms with van der Waals surface area (Å²) >= 11 is 0. The Kier molecular flexibility index (Phi) is 4.35. The van der Waals surface area contributed by atoms with Crippen LogP contribution in [0.5, 0.6) is 5.75 Å². The van der Waals surface area contributed by atoms with Crippen LogP contribution in [0.3, 0.4) is 0 Å². The van der Waals surface area contributed by atoms with E-state index in [-0.39, 0.29) is 5.92 Å². The van der Waals surface area contributed by atoms with Crippen LogP contribution in [-0.4, -0.2) is 44.1 Å². The SMILES string of the molecule is COc1ccc(N2CCN(C(=O)[C@H]3C[C@@H]3c3ccccc3)CC2)cc1. The van der Waals surface area contributed by atoms with Crippen LogP contribution in [0.15, 0.2) is 54.6 Å². The van der Waals surface area contributed by atoms with Gasteiger partial charge in [-0.15, -0.1) is 0 Å². The van der Waals surface area contributed by atoms with Gasteiger partial charge in [0.2, 0.25) is 5.91 Å². The number of amides is 1. The third-order valence-electron chi connectivity index (χ3n) is 5.36. The summed E-state index contributed by atoms with van der Waals surface area (Å²) in [4.78, 5) is 17.1. The van der Waals surface area contributed by atoms with Crippen molar-refractivity contribution < 1.29 is 9.53 Å². The fourth-order valence-corrected chi connectivity index (χ4v) is 3.75. The first-order chi connectivity index (χ1) is 12.3. The van der Waals surface area contributed by atoms with E-state index in [1.54, 1.807) is 7.11 Å². The second-order valence-corrected chi connectivity index (χ2v) is 6.87. The molecule has 4 rings (SSSR count). The molecule has 0 unspecified atom stereocenters. The van der Waals surface area contributed by atoms with Gasteiger partial charge in [-0.25, -0.2) is 0 Å². The Bertz CT molecular complexity index is 721. The molecule has 1 amide bonds. The predicted molar refractivity (Wildman–Crippen MR) is 99.1 cm³/mol. The maximum Gasteiger partial charge on any atom is 0.226 e. The van der Waals surface area contributed by atoms with E-state index in [1.807, 2.05) is 23.1 Å². The molecule has 1 aliphatic carbocycles. The quantitative estimate of drug-likeness (QED) is 0.860. The van der Waals surface area contributed by atoms with Crippen LogP contribution < -0.4 is 9.64 Å². The number of ether oxygens (including phenoxy) is 1. The van der Waals surface area contributed by atoms with Crippen LogP contribution in [-0.2, 0) is 4.79 Å². The zero-order valence-corrected chi connectivity index (χ0v) is 14.6. The summed E-state index contributed by atoms with van der Waals surface area (Å²) in [6, 6.07) is 18.6. The number of anilines is 1. The second kappa shape index (κ2) is 6.79. The minimum atomic E-state index is 0.190. The summed E-state index contributed by atoms with van der Waals surface area (Å²) in [5, 5.41) is 0. The van der Waals surface area contributed by atoms with Crippen molar-refractivity contribution in [3.05, 3.63) is 60.2 Å². The minimum Gasteiger partial charge on any atom is -0.497 e. The first-order valence-electron chi connectivity index (χ1n) is 8.99. The van der Waals surface area contributed by atoms with E-state index >= 15 is 0 Å². The van der Waals surface area contributed by atoms with Crippen LogP contribution in [0.4, 0.5) is 5.69 Å². The van der Waals surface area contributed by atoms with Crippen LogP contribution in [0.25, 0.3) is 0 Å². The lowest BCUT2D eigenvalue weighted by atomic mass is 10.1. The molecule has 2 fully saturated rings. The lowest BCUT2D eigenvalue weighted by molar-refractivity contribution is -0.132. The number of piperazine rings is 1. The Morgan fingerprint density at radius 2 is 1.64 bits per heavy atom. The van der Waals surface area contributed by atoms with Crippen molar-refractivity contribution in [2.75, 3.05) is 38.2 Å². The molecule has 0 radical (unpaired) electrons. The number of carbonyl (C=O) groups excluding carboxylic acids is 1. The first-order valence-corrected chi connectivity index (χ1v) is 8.99. The molecule has 130 valence electrons. The van der Waals surface area contributed by atoms with Gasteiger partial charge in [-0.3, -0.25) is 4.79 Å². The van der Waals surface area contributed by atoms with Crippen molar-refractivity contribution in [2.45, 2.75) is 12.3 Å². The number of rotatable bonds is 4. The number of benzene rings is 2. The summed E-state index contributed by atoms with van der Waals surface area (Å²) in [6.07, 6.45) is 1.00. The summed E-state index contributed by atoms with van der Waals surface area (Å²) in [5.41, 5.74) is 2.50. The summed E-state index contributed by atoms with van der Waals surface area (Å²) in [7, 11) is 1.68. The second-order valence-electron chi connectivity index (χ2n) is 6.87. The van der Waals surface area contributed by atoms with Gasteiger partial charge >= 0.3 is 0 Å². The van der Waals surface area contributed by atoms with Gasteiger partial charge in [0, 0.05) is 37.8 Å². The van der Waals surface area contributed by atoms with Gasteiger partial charge in [-0.2, -0.15) is 0 Å². The van der Waals surface area contributed by atoms with E-state index in [4.69, 9.17) is 4.74 Å². The normalized spacial score (nSPS) is 22.6. The standard InChI is InChI=1S/C21H24N2O2/c1-25-18-9-7-17(8-10-18)22-11-13-23(14-12-22)21(24)20-15-19(20)16-5-3-2-4-6-16/h2-10,19-20H,11-15H2,1H3/t19-,20+/m1/s1. The highest BCUT2D eigenvalue weighted by Gasteiger charge is 2.45. The zero-order valence-electron chi connectivity index (χ0n) is 14.6. The van der Waals surface area contributed by atoms with Crippen molar-refractivity contribution in [3.8, 4) is 5.75 Å². The Balaban J connectivity index is 1.32. The Hall–Kier alpha value is -2.49. The highest BCUT2D eigenvalue weighted by molar-refractivity contribution is 5.83. The molecular formula is C21H24N2O2. The van der Waals surface area contributed by atoms with E-state index in [2.05, 4.69) is 41.3 Å². The molecule has 0 bridgehead atoms. The van der Waals surface area contributed by atoms with Crippen molar-refractivity contribution in [3.63, 3.8) is 0 Å². The molecule has 0 aromatic heterocycles. The Morgan fingerprint density at radius 3 is 2.28 bits per heavy atom. The molecule has 25 heavy (non-hydrogen) atoms. The zero-order chi connectivity index (χ0) is 17.2. The van der Waals surface area contributed by atoms with Crippen molar-refractivity contribution in [1.29, 1.82) is 0 Å². The number of hydrogen-bond acceptors (Lipinski definition) is 3. The van der Waals surface area contributed by atoms with E-state index in [1.165, 1.54) is 11.3 Å². The number of nitrogens with zero attached hydrogens (tertiary/aromatic N) is 2. The van der Waals surface area contributed by atoms with Gasteiger partial charge < -0.3 is 14.5 Å². The summed E-state index contributed by atoms with van der Waals surface area (Å²) < 4.78 is 5.21. The van der Waals surface area contributed by atoms with Crippen LogP contribution >= 0.6 is 0 Å². The fourth-order valence-electron chi connectivity index (χ4n) is 3.75. The molecular weight excluding hydrogens is 312 g/mol. The average molecular weight is 336 g/mol. The largest absolute Gasteiger partial charge is 0.497 e. The molecule has 1 saturated heterocycles. The molecule has 0 spiro atoms. The molecule has 0 N–H and O–H groups in total. The van der Waals surface area contributed by atoms with Crippen molar-refractivity contribution >= 4 is 11.6 Å². The van der Waals surface area contributed by atoms with Gasteiger partial charge in [0.15, 0.2) is 0 Å². The minimum absolute atomic E-state index is 0.190. The Morgan fingerprint density at radius 1 is 0.960 bits per heavy atom. The van der Waals surface area contributed by atoms with Gasteiger partial charge in [0.1, 0.15) is 5.75 Å². The molecule has 1 aliphatic heterocycles. The summed E-state index contributed by atoms with van der Waals surface area (Å²) in [5.74, 6) is 1.82. The van der Waals surface area contributed by atoms with Gasteiger partial charge in [-0.05, 0) is 42.2 Å². The highest BCUT2D eigenvalue weighted by Crippen LogP contribution is 2.48. The Labute approximate surface area is 149 Å². The van der Waals surface area contributed by atoms with E-state index in [0.29, 0.717) is 11.8 Å². The molecule has 2 aliphatic rings. The maximum absolute atomic E-state index is 12.8. The number of carbonyl (C=O) groups is 1. The molecule has 1 saturated carbocycles. The highest BCUT2D eigenvalue weighted by atomic mass is 16.5. The third kappa shape index (κ3) is 3.34. The molecule has 2 aromatic carbocycles. The molecule has 2 atom stereocenters. The third-order valence-corrected chi connectivity index (χ3v) is 5.36. The lowest BCUT2D eigenvalue weighted by Crippen LogP contribution is -2.49. The van der Waals surface area contributed by atoms with Gasteiger partial charge in [0.05, 0.1) is 7.11 Å². The monoisotopic (exact) mass is 336 g/mol. The van der Waals surface area contributed by atoms with Crippen LogP contribution in [0, 0.1) is 5.92 Å². The van der Waals surface area contributed by atoms with E-state index in [9.17, 15) is 4.79 Å². The van der Waals surface area contributed by atoms with Crippen LogP contribution in [0.2, 0.25) is 0 Å². The predicted octanol–water partition coefficient (Wildman–Crippen LogP) is 3.15. The van der Waals surface area contributed by atoms with E-state index in [0.717, 1.165) is 38.3 Å². The topological polar surface area (TPSA) is 32.8 Å². The first kappa shape index (κ1) is 16.0. The average Bonchev–Trinajstić information content (AvgIpc) is 3.49. The number of hydrogen-bond donors (Lipinski definition) is 0. The maximum atomic E-state index is 12.8. The van der Waals surface area contributed by atoms with Gasteiger partial charge in [0.25, 0.3) is 0 Å². The van der Waals surface area contributed by atoms with Crippen molar-refractivity contribution in [1.82, 2.24) is 4.90 Å².